The van der Waals surface area contributed by atoms with Gasteiger partial charge in [0, 0.05) is 24.7 Å². The fraction of sp³-hybridized carbons (Fsp3) is 0.867. The average molecular weight is 330 g/mol. The van der Waals surface area contributed by atoms with Crippen molar-refractivity contribution in [3.63, 3.8) is 0 Å². The molecule has 0 radical (unpaired) electrons. The van der Waals surface area contributed by atoms with Crippen molar-refractivity contribution in [3.8, 4) is 0 Å². The van der Waals surface area contributed by atoms with Gasteiger partial charge in [-0.05, 0) is 23.7 Å². The molecule has 2 rings (SSSR count). The number of carbonyl (C=O) groups excluding carboxylic acids is 2. The number of imide groups is 1. The van der Waals surface area contributed by atoms with Crippen LogP contribution in [0.3, 0.4) is 0 Å². The molecule has 1 saturated heterocycles. The van der Waals surface area contributed by atoms with Gasteiger partial charge >= 0.3 is 0 Å². The lowest BCUT2D eigenvalue weighted by Gasteiger charge is -2.42. The fourth-order valence-electron chi connectivity index (χ4n) is 3.36. The number of piperidine rings is 1. The van der Waals surface area contributed by atoms with Crippen LogP contribution in [-0.4, -0.2) is 28.6 Å². The molecule has 0 N–H and O–H groups in total. The molecular weight excluding hydrogens is 306 g/mol. The molecule has 0 spiro atoms. The summed E-state index contributed by atoms with van der Waals surface area (Å²) in [5.74, 6) is 0.0410. The lowest BCUT2D eigenvalue weighted by Crippen LogP contribution is -2.51. The van der Waals surface area contributed by atoms with Gasteiger partial charge in [-0.25, -0.2) is 0 Å². The molecule has 1 aliphatic carbocycles. The Morgan fingerprint density at radius 3 is 2.05 bits per heavy atom. The average Bonchev–Trinajstić information content (AvgIpc) is 2.34. The molecule has 1 saturated carbocycles. The largest absolute Gasteiger partial charge is 0.282 e. The Morgan fingerprint density at radius 2 is 1.58 bits per heavy atom. The zero-order valence-electron chi connectivity index (χ0n) is 12.0. The van der Waals surface area contributed by atoms with Gasteiger partial charge < -0.3 is 0 Å². The van der Waals surface area contributed by atoms with Gasteiger partial charge in [-0.2, -0.15) is 0 Å². The molecule has 0 unspecified atom stereocenters. The van der Waals surface area contributed by atoms with Gasteiger partial charge in [-0.3, -0.25) is 14.5 Å². The van der Waals surface area contributed by atoms with E-state index in [1.165, 1.54) is 24.2 Å². The van der Waals surface area contributed by atoms with E-state index in [1.807, 2.05) is 13.8 Å². The predicted molar refractivity (Wildman–Crippen MR) is 79.0 cm³/mol. The summed E-state index contributed by atoms with van der Waals surface area (Å²) in [7, 11) is 0. The third kappa shape index (κ3) is 3.39. The van der Waals surface area contributed by atoms with Crippen LogP contribution in [0.1, 0.15) is 58.8 Å². The van der Waals surface area contributed by atoms with Crippen molar-refractivity contribution < 1.29 is 9.59 Å². The summed E-state index contributed by atoms with van der Waals surface area (Å²) < 4.78 is 0. The maximum atomic E-state index is 12.2. The van der Waals surface area contributed by atoms with Crippen molar-refractivity contribution in [3.05, 3.63) is 0 Å². The molecule has 2 amide bonds. The first kappa shape index (κ1) is 15.0. The van der Waals surface area contributed by atoms with Gasteiger partial charge in [0.15, 0.2) is 0 Å². The van der Waals surface area contributed by atoms with Gasteiger partial charge in [0.1, 0.15) is 0 Å². The summed E-state index contributed by atoms with van der Waals surface area (Å²) in [6, 6.07) is 0. The standard InChI is InChI=1S/C15H24BrNO2/c1-14(2)8-12(18)17(13(19)9-14)11-15(10-16)6-4-3-5-7-15/h3-11H2,1-2H3. The molecule has 4 heteroatoms. The number of rotatable bonds is 3. The van der Waals surface area contributed by atoms with E-state index < -0.39 is 0 Å². The molecule has 2 aliphatic rings. The molecule has 1 aliphatic heterocycles. The third-order valence-corrected chi connectivity index (χ3v) is 5.74. The van der Waals surface area contributed by atoms with Crippen molar-refractivity contribution in [1.82, 2.24) is 4.90 Å². The molecule has 0 aromatic rings. The molecule has 2 fully saturated rings. The first-order chi connectivity index (χ1) is 8.87. The first-order valence-electron chi connectivity index (χ1n) is 7.27. The smallest absolute Gasteiger partial charge is 0.229 e. The molecule has 0 bridgehead atoms. The van der Waals surface area contributed by atoms with Crippen molar-refractivity contribution in [2.45, 2.75) is 58.8 Å². The summed E-state index contributed by atoms with van der Waals surface area (Å²) in [4.78, 5) is 26.0. The van der Waals surface area contributed by atoms with Crippen molar-refractivity contribution in [1.29, 1.82) is 0 Å². The quantitative estimate of drug-likeness (QED) is 0.587. The van der Waals surface area contributed by atoms with Crippen LogP contribution in [0.4, 0.5) is 0 Å². The van der Waals surface area contributed by atoms with E-state index in [0.717, 1.165) is 18.2 Å². The predicted octanol–water partition coefficient (Wildman–Crippen LogP) is 3.51. The molecule has 0 aromatic carbocycles. The van der Waals surface area contributed by atoms with Crippen LogP contribution in [-0.2, 0) is 9.59 Å². The minimum atomic E-state index is -0.168. The number of alkyl halides is 1. The molecule has 108 valence electrons. The van der Waals surface area contributed by atoms with Crippen molar-refractivity contribution >= 4 is 27.7 Å². The van der Waals surface area contributed by atoms with Crippen LogP contribution in [0.15, 0.2) is 0 Å². The van der Waals surface area contributed by atoms with E-state index in [2.05, 4.69) is 15.9 Å². The fourth-order valence-corrected chi connectivity index (χ4v) is 4.10. The zero-order chi connectivity index (χ0) is 14.1. The highest BCUT2D eigenvalue weighted by atomic mass is 79.9. The van der Waals surface area contributed by atoms with Crippen molar-refractivity contribution in [2.75, 3.05) is 11.9 Å². The van der Waals surface area contributed by atoms with Crippen LogP contribution < -0.4 is 0 Å². The number of hydrogen-bond acceptors (Lipinski definition) is 2. The van der Waals surface area contributed by atoms with Crippen LogP contribution in [0.5, 0.6) is 0 Å². The Kier molecular flexibility index (Phi) is 4.38. The molecule has 3 nitrogen and oxygen atoms in total. The Labute approximate surface area is 124 Å². The second-order valence-corrected chi connectivity index (χ2v) is 7.65. The van der Waals surface area contributed by atoms with Crippen LogP contribution in [0.2, 0.25) is 0 Å². The molecule has 0 atom stereocenters. The summed E-state index contributed by atoms with van der Waals surface area (Å²) in [5.41, 5.74) is -0.0517. The summed E-state index contributed by atoms with van der Waals surface area (Å²) in [5, 5.41) is 0.889. The molecule has 0 aromatic heterocycles. The van der Waals surface area contributed by atoms with Crippen LogP contribution >= 0.6 is 15.9 Å². The number of amides is 2. The number of carbonyl (C=O) groups is 2. The summed E-state index contributed by atoms with van der Waals surface area (Å²) in [6.07, 6.45) is 6.95. The lowest BCUT2D eigenvalue weighted by atomic mass is 9.74. The Morgan fingerprint density at radius 1 is 1.05 bits per heavy atom. The highest BCUT2D eigenvalue weighted by Gasteiger charge is 2.42. The van der Waals surface area contributed by atoms with Crippen LogP contribution in [0.25, 0.3) is 0 Å². The van der Waals surface area contributed by atoms with Gasteiger partial charge in [0.2, 0.25) is 11.8 Å². The zero-order valence-corrected chi connectivity index (χ0v) is 13.6. The summed E-state index contributed by atoms with van der Waals surface area (Å²) in [6.45, 7) is 4.62. The lowest BCUT2D eigenvalue weighted by molar-refractivity contribution is -0.154. The SMILES string of the molecule is CC1(C)CC(=O)N(CC2(CBr)CCCCC2)C(=O)C1. The Hall–Kier alpha value is -0.380. The minimum absolute atomic E-state index is 0.0205. The maximum absolute atomic E-state index is 12.2. The second kappa shape index (κ2) is 5.55. The number of likely N-dealkylation sites (tertiary alicyclic amines) is 1. The van der Waals surface area contributed by atoms with Gasteiger partial charge in [0.05, 0.1) is 0 Å². The Balaban J connectivity index is 2.09. The first-order valence-corrected chi connectivity index (χ1v) is 8.39. The van der Waals surface area contributed by atoms with Gasteiger partial charge in [-0.15, -0.1) is 0 Å². The third-order valence-electron chi connectivity index (χ3n) is 4.55. The van der Waals surface area contributed by atoms with E-state index in [9.17, 15) is 9.59 Å². The van der Waals surface area contributed by atoms with E-state index in [-0.39, 0.29) is 22.6 Å². The number of hydrogen-bond donors (Lipinski definition) is 0. The van der Waals surface area contributed by atoms with E-state index in [4.69, 9.17) is 0 Å². The maximum Gasteiger partial charge on any atom is 0.229 e. The Bertz CT molecular complexity index is 352. The minimum Gasteiger partial charge on any atom is -0.282 e. The molecule has 1 heterocycles. The van der Waals surface area contributed by atoms with E-state index >= 15 is 0 Å². The van der Waals surface area contributed by atoms with E-state index in [1.54, 1.807) is 0 Å². The monoisotopic (exact) mass is 329 g/mol. The molecular formula is C15H24BrNO2. The van der Waals surface area contributed by atoms with Crippen molar-refractivity contribution in [2.24, 2.45) is 10.8 Å². The number of nitrogens with zero attached hydrogens (tertiary/aromatic N) is 1. The number of halogens is 1. The van der Waals surface area contributed by atoms with Gasteiger partial charge in [-0.1, -0.05) is 49.0 Å². The highest BCUT2D eigenvalue weighted by Crippen LogP contribution is 2.40. The topological polar surface area (TPSA) is 37.4 Å². The highest BCUT2D eigenvalue weighted by molar-refractivity contribution is 9.09. The van der Waals surface area contributed by atoms with Crippen LogP contribution in [0, 0.1) is 10.8 Å². The van der Waals surface area contributed by atoms with Gasteiger partial charge in [0.25, 0.3) is 0 Å². The summed E-state index contributed by atoms with van der Waals surface area (Å²) >= 11 is 3.61. The normalized spacial score (nSPS) is 26.6. The second-order valence-electron chi connectivity index (χ2n) is 7.09. The molecule has 19 heavy (non-hydrogen) atoms. The van der Waals surface area contributed by atoms with E-state index in [0.29, 0.717) is 19.4 Å².